The molecule has 0 spiro atoms. The van der Waals surface area contributed by atoms with Gasteiger partial charge in [-0.2, -0.15) is 10.2 Å². The van der Waals surface area contributed by atoms with Gasteiger partial charge in [-0.15, -0.1) is 0 Å². The number of hydrogen-bond donors (Lipinski definition) is 0. The van der Waals surface area contributed by atoms with E-state index in [0.717, 1.165) is 25.7 Å². The van der Waals surface area contributed by atoms with Gasteiger partial charge < -0.3 is 14.4 Å². The molecule has 1 saturated heterocycles. The van der Waals surface area contributed by atoms with Crippen molar-refractivity contribution in [3.8, 4) is 11.9 Å². The Morgan fingerprint density at radius 3 is 2.83 bits per heavy atom. The minimum absolute atomic E-state index is 0.00996. The van der Waals surface area contributed by atoms with Crippen molar-refractivity contribution in [3.05, 3.63) is 53.2 Å². The smallest absolute Gasteiger partial charge is 0.409 e. The standard InChI is InChI=1S/C22H25FN4O3/c1-2-3-12-29-22(28)27-10-7-17(8-11-27)21-25-9-6-20(26-21)30-15-18-5-4-16(14-24)13-19(18)23/h4-6,9,13,17H,2-3,7-8,10-12,15H2,1H3. The normalized spacial score (nSPS) is 14.2. The molecule has 1 aliphatic heterocycles. The van der Waals surface area contributed by atoms with Crippen LogP contribution in [0.15, 0.2) is 30.5 Å². The van der Waals surface area contributed by atoms with E-state index in [1.807, 2.05) is 6.07 Å². The van der Waals surface area contributed by atoms with Gasteiger partial charge in [0, 0.05) is 36.8 Å². The molecule has 2 heterocycles. The van der Waals surface area contributed by atoms with Crippen LogP contribution in [-0.2, 0) is 11.3 Å². The number of piperidine rings is 1. The Balaban J connectivity index is 1.53. The molecule has 158 valence electrons. The maximum Gasteiger partial charge on any atom is 0.409 e. The highest BCUT2D eigenvalue weighted by atomic mass is 19.1. The van der Waals surface area contributed by atoms with Crippen LogP contribution in [0.25, 0.3) is 0 Å². The number of ether oxygens (including phenoxy) is 2. The minimum Gasteiger partial charge on any atom is -0.473 e. The fourth-order valence-electron chi connectivity index (χ4n) is 3.23. The Morgan fingerprint density at radius 1 is 1.33 bits per heavy atom. The van der Waals surface area contributed by atoms with Crippen LogP contribution < -0.4 is 4.74 Å². The molecule has 0 radical (unpaired) electrons. The topological polar surface area (TPSA) is 88.3 Å². The lowest BCUT2D eigenvalue weighted by Gasteiger charge is -2.30. The SMILES string of the molecule is CCCCOC(=O)N1CCC(c2nccc(OCc3ccc(C#N)cc3F)n2)CC1. The number of benzene rings is 1. The largest absolute Gasteiger partial charge is 0.473 e. The highest BCUT2D eigenvalue weighted by molar-refractivity contribution is 5.67. The maximum absolute atomic E-state index is 14.0. The second kappa shape index (κ2) is 10.5. The molecule has 0 bridgehead atoms. The molecular formula is C22H25FN4O3. The first kappa shape index (κ1) is 21.5. The number of likely N-dealkylation sites (tertiary alicyclic amines) is 1. The Labute approximate surface area is 175 Å². The molecule has 1 amide bonds. The third-order valence-corrected chi connectivity index (χ3v) is 5.05. The van der Waals surface area contributed by atoms with Crippen LogP contribution in [0.1, 0.15) is 55.5 Å². The second-order valence-electron chi connectivity index (χ2n) is 7.19. The Kier molecular flexibility index (Phi) is 7.55. The first-order chi connectivity index (χ1) is 14.6. The molecule has 0 aliphatic carbocycles. The summed E-state index contributed by atoms with van der Waals surface area (Å²) < 4.78 is 24.9. The number of unbranched alkanes of at least 4 members (excludes halogenated alkanes) is 1. The van der Waals surface area contributed by atoms with Gasteiger partial charge in [-0.1, -0.05) is 19.4 Å². The predicted molar refractivity (Wildman–Crippen MR) is 107 cm³/mol. The van der Waals surface area contributed by atoms with Gasteiger partial charge in [0.25, 0.3) is 0 Å². The first-order valence-electron chi connectivity index (χ1n) is 10.2. The molecule has 30 heavy (non-hydrogen) atoms. The fourth-order valence-corrected chi connectivity index (χ4v) is 3.23. The Hall–Kier alpha value is -3.21. The molecule has 0 N–H and O–H groups in total. The minimum atomic E-state index is -0.485. The van der Waals surface area contributed by atoms with Crippen molar-refractivity contribution in [1.82, 2.24) is 14.9 Å². The summed E-state index contributed by atoms with van der Waals surface area (Å²) in [5.74, 6) is 0.665. The third-order valence-electron chi connectivity index (χ3n) is 5.05. The van der Waals surface area contributed by atoms with Gasteiger partial charge >= 0.3 is 6.09 Å². The number of halogens is 1. The summed E-state index contributed by atoms with van der Waals surface area (Å²) in [5.41, 5.74) is 0.616. The van der Waals surface area contributed by atoms with E-state index in [4.69, 9.17) is 14.7 Å². The molecule has 1 aliphatic rings. The third kappa shape index (κ3) is 5.66. The highest BCUT2D eigenvalue weighted by Crippen LogP contribution is 2.27. The number of hydrogen-bond acceptors (Lipinski definition) is 6. The Bertz CT molecular complexity index is 907. The summed E-state index contributed by atoms with van der Waals surface area (Å²) in [6, 6.07) is 7.80. The van der Waals surface area contributed by atoms with Crippen molar-refractivity contribution < 1.29 is 18.7 Å². The highest BCUT2D eigenvalue weighted by Gasteiger charge is 2.26. The zero-order valence-corrected chi connectivity index (χ0v) is 17.0. The molecule has 3 rings (SSSR count). The fraction of sp³-hybridized carbons (Fsp3) is 0.455. The van der Waals surface area contributed by atoms with Gasteiger partial charge in [-0.25, -0.2) is 14.2 Å². The zero-order chi connectivity index (χ0) is 21.3. The van der Waals surface area contributed by atoms with Crippen molar-refractivity contribution >= 4 is 6.09 Å². The van der Waals surface area contributed by atoms with Crippen molar-refractivity contribution in [3.63, 3.8) is 0 Å². The van der Waals surface area contributed by atoms with E-state index >= 15 is 0 Å². The lowest BCUT2D eigenvalue weighted by molar-refractivity contribution is 0.0911. The van der Waals surface area contributed by atoms with Crippen molar-refractivity contribution in [2.45, 2.75) is 45.1 Å². The van der Waals surface area contributed by atoms with Crippen LogP contribution in [0.3, 0.4) is 0 Å². The van der Waals surface area contributed by atoms with E-state index in [9.17, 15) is 9.18 Å². The van der Waals surface area contributed by atoms with E-state index in [2.05, 4.69) is 16.9 Å². The number of rotatable bonds is 7. The number of nitrogens with zero attached hydrogens (tertiary/aromatic N) is 4. The number of nitriles is 1. The van der Waals surface area contributed by atoms with Crippen LogP contribution in [0, 0.1) is 17.1 Å². The maximum atomic E-state index is 14.0. The average molecular weight is 412 g/mol. The van der Waals surface area contributed by atoms with Crippen LogP contribution in [0.5, 0.6) is 5.88 Å². The van der Waals surface area contributed by atoms with Gasteiger partial charge in [0.2, 0.25) is 5.88 Å². The molecule has 7 nitrogen and oxygen atoms in total. The summed E-state index contributed by atoms with van der Waals surface area (Å²) in [4.78, 5) is 22.6. The Morgan fingerprint density at radius 2 is 2.13 bits per heavy atom. The number of aromatic nitrogens is 2. The van der Waals surface area contributed by atoms with Crippen molar-refractivity contribution in [2.24, 2.45) is 0 Å². The molecule has 0 atom stereocenters. The van der Waals surface area contributed by atoms with Crippen molar-refractivity contribution in [1.29, 1.82) is 5.26 Å². The van der Waals surface area contributed by atoms with Gasteiger partial charge in [0.1, 0.15) is 18.2 Å². The van der Waals surface area contributed by atoms with Crippen LogP contribution >= 0.6 is 0 Å². The van der Waals surface area contributed by atoms with Crippen molar-refractivity contribution in [2.75, 3.05) is 19.7 Å². The van der Waals surface area contributed by atoms with E-state index in [0.29, 0.717) is 37.0 Å². The van der Waals surface area contributed by atoms with E-state index in [-0.39, 0.29) is 24.2 Å². The molecule has 2 aromatic rings. The number of carbonyl (C=O) groups excluding carboxylic acids is 1. The summed E-state index contributed by atoms with van der Waals surface area (Å²) in [6.45, 7) is 3.71. The second-order valence-corrected chi connectivity index (χ2v) is 7.19. The quantitative estimate of drug-likeness (QED) is 0.634. The van der Waals surface area contributed by atoms with Crippen LogP contribution in [0.2, 0.25) is 0 Å². The van der Waals surface area contributed by atoms with Crippen LogP contribution in [0.4, 0.5) is 9.18 Å². The van der Waals surface area contributed by atoms with Gasteiger partial charge in [-0.05, 0) is 31.4 Å². The summed E-state index contributed by atoms with van der Waals surface area (Å²) in [7, 11) is 0. The molecule has 0 saturated carbocycles. The lowest BCUT2D eigenvalue weighted by atomic mass is 9.96. The zero-order valence-electron chi connectivity index (χ0n) is 17.0. The van der Waals surface area contributed by atoms with Gasteiger partial charge in [0.05, 0.1) is 18.2 Å². The summed E-state index contributed by atoms with van der Waals surface area (Å²) in [5, 5.41) is 8.82. The average Bonchev–Trinajstić information content (AvgIpc) is 2.78. The molecule has 1 fully saturated rings. The predicted octanol–water partition coefficient (Wildman–Crippen LogP) is 4.18. The van der Waals surface area contributed by atoms with E-state index in [1.165, 1.54) is 12.1 Å². The molecule has 1 aromatic heterocycles. The summed E-state index contributed by atoms with van der Waals surface area (Å²) in [6.07, 6.45) is 4.72. The van der Waals surface area contributed by atoms with E-state index < -0.39 is 5.82 Å². The monoisotopic (exact) mass is 412 g/mol. The summed E-state index contributed by atoms with van der Waals surface area (Å²) >= 11 is 0. The first-order valence-corrected chi connectivity index (χ1v) is 10.2. The van der Waals surface area contributed by atoms with Gasteiger partial charge in [-0.3, -0.25) is 0 Å². The number of amides is 1. The van der Waals surface area contributed by atoms with Gasteiger partial charge in [0.15, 0.2) is 0 Å². The molecule has 1 aromatic carbocycles. The van der Waals surface area contributed by atoms with E-state index in [1.54, 1.807) is 23.2 Å². The molecule has 8 heteroatoms. The number of carbonyl (C=O) groups is 1. The molecule has 0 unspecified atom stereocenters. The lowest BCUT2D eigenvalue weighted by Crippen LogP contribution is -2.38. The van der Waals surface area contributed by atoms with Crippen LogP contribution in [-0.4, -0.2) is 40.7 Å². The molecular weight excluding hydrogens is 387 g/mol.